The molecule has 0 radical (unpaired) electrons. The maximum absolute atomic E-state index is 11.9. The average Bonchev–Trinajstić information content (AvgIpc) is 2.19. The highest BCUT2D eigenvalue weighted by molar-refractivity contribution is 4.82. The zero-order valence-corrected chi connectivity index (χ0v) is 9.52. The van der Waals surface area contributed by atoms with Crippen LogP contribution in [-0.2, 0) is 4.74 Å². The van der Waals surface area contributed by atoms with E-state index >= 15 is 0 Å². The van der Waals surface area contributed by atoms with Gasteiger partial charge in [0.1, 0.15) is 0 Å². The lowest BCUT2D eigenvalue weighted by atomic mass is 9.79. The van der Waals surface area contributed by atoms with E-state index in [1.54, 1.807) is 0 Å². The highest BCUT2D eigenvalue weighted by Crippen LogP contribution is 2.34. The molecule has 1 aliphatic rings. The Labute approximate surface area is 87.0 Å². The third kappa shape index (κ3) is 3.56. The van der Waals surface area contributed by atoms with E-state index in [1.807, 2.05) is 0 Å². The molecule has 0 aromatic rings. The summed E-state index contributed by atoms with van der Waals surface area (Å²) < 4.78 is 17.7. The summed E-state index contributed by atoms with van der Waals surface area (Å²) in [6.45, 7) is 4.61. The molecule has 0 amide bonds. The van der Waals surface area contributed by atoms with E-state index in [0.29, 0.717) is 18.9 Å². The van der Waals surface area contributed by atoms with Crippen molar-refractivity contribution in [2.24, 2.45) is 5.92 Å². The Morgan fingerprint density at radius 1 is 1.21 bits per heavy atom. The van der Waals surface area contributed by atoms with Crippen LogP contribution in [0.4, 0.5) is 4.39 Å². The van der Waals surface area contributed by atoms with Crippen LogP contribution in [0, 0.1) is 5.92 Å². The van der Waals surface area contributed by atoms with E-state index in [9.17, 15) is 4.39 Å². The van der Waals surface area contributed by atoms with Crippen LogP contribution >= 0.6 is 0 Å². The number of halogens is 1. The lowest BCUT2D eigenvalue weighted by molar-refractivity contribution is -0.0716. The van der Waals surface area contributed by atoms with Gasteiger partial charge in [-0.3, -0.25) is 4.39 Å². The molecule has 1 nitrogen and oxygen atoms in total. The molecule has 0 N–H and O–H groups in total. The van der Waals surface area contributed by atoms with Crippen LogP contribution in [0.15, 0.2) is 0 Å². The minimum absolute atomic E-state index is 0.0460. The van der Waals surface area contributed by atoms with Crippen LogP contribution in [0.1, 0.15) is 52.4 Å². The maximum Gasteiger partial charge on any atom is 0.0916 e. The molecule has 1 aliphatic carbocycles. The number of hydrogen-bond donors (Lipinski definition) is 0. The Kier molecular flexibility index (Phi) is 4.86. The molecule has 0 aliphatic heterocycles. The van der Waals surface area contributed by atoms with Gasteiger partial charge in [0.15, 0.2) is 0 Å². The summed E-state index contributed by atoms with van der Waals surface area (Å²) in [4.78, 5) is 0. The summed E-state index contributed by atoms with van der Waals surface area (Å²) in [5, 5.41) is 0. The third-order valence-electron chi connectivity index (χ3n) is 3.34. The summed E-state index contributed by atoms with van der Waals surface area (Å²) >= 11 is 0. The van der Waals surface area contributed by atoms with Crippen LogP contribution in [0.2, 0.25) is 0 Å². The fourth-order valence-corrected chi connectivity index (χ4v) is 2.31. The Bertz CT molecular complexity index is 150. The summed E-state index contributed by atoms with van der Waals surface area (Å²) in [5.41, 5.74) is -0.0460. The number of hydrogen-bond acceptors (Lipinski definition) is 1. The zero-order valence-electron chi connectivity index (χ0n) is 9.52. The van der Waals surface area contributed by atoms with Gasteiger partial charge in [0, 0.05) is 6.61 Å². The topological polar surface area (TPSA) is 9.23 Å². The first-order valence-corrected chi connectivity index (χ1v) is 5.87. The SMILES string of the molecule is CC(C)(OCCCF)C1CCCCC1. The van der Waals surface area contributed by atoms with Gasteiger partial charge in [0.05, 0.1) is 12.3 Å². The van der Waals surface area contributed by atoms with Gasteiger partial charge in [-0.1, -0.05) is 19.3 Å². The van der Waals surface area contributed by atoms with Gasteiger partial charge in [-0.25, -0.2) is 0 Å². The first-order valence-electron chi connectivity index (χ1n) is 5.87. The molecule has 1 saturated carbocycles. The maximum atomic E-state index is 11.9. The van der Waals surface area contributed by atoms with E-state index in [4.69, 9.17) is 4.74 Å². The van der Waals surface area contributed by atoms with E-state index < -0.39 is 0 Å². The second-order valence-corrected chi connectivity index (χ2v) is 4.83. The molecule has 1 fully saturated rings. The van der Waals surface area contributed by atoms with E-state index in [0.717, 1.165) is 0 Å². The molecule has 0 saturated heterocycles. The van der Waals surface area contributed by atoms with Crippen molar-refractivity contribution < 1.29 is 9.13 Å². The molecule has 0 unspecified atom stereocenters. The van der Waals surface area contributed by atoms with E-state index in [2.05, 4.69) is 13.8 Å². The van der Waals surface area contributed by atoms with Crippen molar-refractivity contribution in [3.63, 3.8) is 0 Å². The van der Waals surface area contributed by atoms with Gasteiger partial charge >= 0.3 is 0 Å². The molecule has 1 rings (SSSR count). The minimum atomic E-state index is -0.263. The Morgan fingerprint density at radius 2 is 1.86 bits per heavy atom. The first-order chi connectivity index (χ1) is 6.67. The fourth-order valence-electron chi connectivity index (χ4n) is 2.31. The summed E-state index contributed by atoms with van der Waals surface area (Å²) in [6.07, 6.45) is 7.14. The van der Waals surface area contributed by atoms with Crippen LogP contribution in [0.5, 0.6) is 0 Å². The van der Waals surface area contributed by atoms with Crippen LogP contribution in [0.3, 0.4) is 0 Å². The van der Waals surface area contributed by atoms with Gasteiger partial charge in [-0.05, 0) is 39.0 Å². The van der Waals surface area contributed by atoms with Crippen molar-refractivity contribution in [2.45, 2.75) is 58.0 Å². The molecule has 0 aromatic heterocycles. The average molecular weight is 202 g/mol. The van der Waals surface area contributed by atoms with Crippen molar-refractivity contribution >= 4 is 0 Å². The third-order valence-corrected chi connectivity index (χ3v) is 3.34. The van der Waals surface area contributed by atoms with Crippen molar-refractivity contribution in [2.75, 3.05) is 13.3 Å². The summed E-state index contributed by atoms with van der Waals surface area (Å²) in [7, 11) is 0. The Morgan fingerprint density at radius 3 is 2.43 bits per heavy atom. The second kappa shape index (κ2) is 5.69. The van der Waals surface area contributed by atoms with Crippen molar-refractivity contribution in [1.29, 1.82) is 0 Å². The normalized spacial score (nSPS) is 19.9. The molecular weight excluding hydrogens is 179 g/mol. The second-order valence-electron chi connectivity index (χ2n) is 4.83. The summed E-state index contributed by atoms with van der Waals surface area (Å²) in [5.74, 6) is 0.677. The zero-order chi connectivity index (χ0) is 10.4. The van der Waals surface area contributed by atoms with Crippen LogP contribution in [-0.4, -0.2) is 18.9 Å². The fraction of sp³-hybridized carbons (Fsp3) is 1.00. The molecule has 0 aromatic carbocycles. The lowest BCUT2D eigenvalue weighted by Gasteiger charge is -2.37. The predicted octanol–water partition coefficient (Wildman–Crippen LogP) is 3.72. The highest BCUT2D eigenvalue weighted by atomic mass is 19.1. The van der Waals surface area contributed by atoms with Gasteiger partial charge in [-0.15, -0.1) is 0 Å². The predicted molar refractivity (Wildman–Crippen MR) is 57.2 cm³/mol. The molecule has 2 heteroatoms. The van der Waals surface area contributed by atoms with Crippen molar-refractivity contribution in [3.05, 3.63) is 0 Å². The number of rotatable bonds is 5. The number of ether oxygens (including phenoxy) is 1. The molecule has 0 bridgehead atoms. The van der Waals surface area contributed by atoms with Crippen LogP contribution in [0.25, 0.3) is 0 Å². The first kappa shape index (κ1) is 12.0. The quantitative estimate of drug-likeness (QED) is 0.617. The minimum Gasteiger partial charge on any atom is -0.375 e. The van der Waals surface area contributed by atoms with Gasteiger partial charge in [-0.2, -0.15) is 0 Å². The highest BCUT2D eigenvalue weighted by Gasteiger charge is 2.30. The lowest BCUT2D eigenvalue weighted by Crippen LogP contribution is -2.36. The largest absolute Gasteiger partial charge is 0.375 e. The Balaban J connectivity index is 2.29. The van der Waals surface area contributed by atoms with E-state index in [-0.39, 0.29) is 12.3 Å². The van der Waals surface area contributed by atoms with E-state index in [1.165, 1.54) is 32.1 Å². The Hall–Kier alpha value is -0.110. The monoisotopic (exact) mass is 202 g/mol. The van der Waals surface area contributed by atoms with Gasteiger partial charge < -0.3 is 4.74 Å². The molecule has 14 heavy (non-hydrogen) atoms. The van der Waals surface area contributed by atoms with Gasteiger partial charge in [0.2, 0.25) is 0 Å². The van der Waals surface area contributed by atoms with Crippen molar-refractivity contribution in [1.82, 2.24) is 0 Å². The standard InChI is InChI=1S/C12H23FO/c1-12(2,14-10-6-9-13)11-7-4-3-5-8-11/h11H,3-10H2,1-2H3. The van der Waals surface area contributed by atoms with Gasteiger partial charge in [0.25, 0.3) is 0 Å². The molecule has 0 spiro atoms. The van der Waals surface area contributed by atoms with Crippen LogP contribution < -0.4 is 0 Å². The van der Waals surface area contributed by atoms with Crippen molar-refractivity contribution in [3.8, 4) is 0 Å². The smallest absolute Gasteiger partial charge is 0.0916 e. The molecule has 84 valence electrons. The molecule has 0 heterocycles. The summed E-state index contributed by atoms with van der Waals surface area (Å²) in [6, 6.07) is 0. The molecule has 0 atom stereocenters. The number of alkyl halides is 1. The molecular formula is C12H23FO.